The van der Waals surface area contributed by atoms with Crippen LogP contribution in [0.1, 0.15) is 36.5 Å². The molecule has 178 valence electrons. The van der Waals surface area contributed by atoms with Crippen LogP contribution >= 0.6 is 0 Å². The first-order chi connectivity index (χ1) is 16.8. The molecule has 0 aliphatic carbocycles. The van der Waals surface area contributed by atoms with Crippen molar-refractivity contribution in [2.45, 2.75) is 31.8 Å². The highest BCUT2D eigenvalue weighted by molar-refractivity contribution is 6.08. The van der Waals surface area contributed by atoms with E-state index < -0.39 is 0 Å². The van der Waals surface area contributed by atoms with E-state index in [1.807, 2.05) is 50.2 Å². The van der Waals surface area contributed by atoms with Crippen LogP contribution in [-0.4, -0.2) is 35.7 Å². The second kappa shape index (κ2) is 8.01. The topological polar surface area (TPSA) is 72.4 Å². The summed E-state index contributed by atoms with van der Waals surface area (Å²) in [4.78, 5) is 13.2. The molecule has 0 aromatic heterocycles. The Labute approximate surface area is 202 Å². The molecule has 0 radical (unpaired) electrons. The van der Waals surface area contributed by atoms with Crippen molar-refractivity contribution in [1.82, 2.24) is 5.01 Å². The van der Waals surface area contributed by atoms with Crippen LogP contribution in [0.2, 0.25) is 0 Å². The number of hydrogen-bond donors (Lipinski definition) is 1. The quantitative estimate of drug-likeness (QED) is 0.560. The Balaban J connectivity index is 1.28. The number of urea groups is 1. The number of rotatable bonds is 3. The largest absolute Gasteiger partial charge is 0.487 e. The number of halogens is 1. The van der Waals surface area contributed by atoms with Gasteiger partial charge in [0.1, 0.15) is 17.2 Å². The van der Waals surface area contributed by atoms with Crippen molar-refractivity contribution in [3.05, 3.63) is 83.2 Å². The minimum atomic E-state index is -0.342. The van der Waals surface area contributed by atoms with E-state index in [1.54, 1.807) is 12.1 Å². The van der Waals surface area contributed by atoms with Crippen LogP contribution in [0.15, 0.2) is 65.8 Å². The van der Waals surface area contributed by atoms with Crippen molar-refractivity contribution in [1.29, 1.82) is 0 Å². The monoisotopic (exact) mass is 473 g/mol. The van der Waals surface area contributed by atoms with E-state index in [-0.39, 0.29) is 30.2 Å². The summed E-state index contributed by atoms with van der Waals surface area (Å²) in [7, 11) is 0. The molecule has 1 unspecified atom stereocenters. The fourth-order valence-electron chi connectivity index (χ4n) is 4.78. The van der Waals surface area contributed by atoms with Gasteiger partial charge in [-0.15, -0.1) is 0 Å². The van der Waals surface area contributed by atoms with Gasteiger partial charge in [-0.05, 0) is 67.9 Å². The molecule has 3 aliphatic rings. The highest BCUT2D eigenvalue weighted by Gasteiger charge is 2.34. The molecule has 2 amide bonds. The highest BCUT2D eigenvalue weighted by atomic mass is 19.1. The van der Waals surface area contributed by atoms with Crippen LogP contribution in [-0.2, 0) is 6.42 Å². The van der Waals surface area contributed by atoms with Crippen molar-refractivity contribution >= 4 is 17.4 Å². The van der Waals surface area contributed by atoms with Gasteiger partial charge in [0.15, 0.2) is 11.5 Å². The van der Waals surface area contributed by atoms with Crippen LogP contribution in [0.25, 0.3) is 0 Å². The molecule has 3 heterocycles. The van der Waals surface area contributed by atoms with Gasteiger partial charge in [0.05, 0.1) is 12.3 Å². The van der Waals surface area contributed by atoms with E-state index in [0.29, 0.717) is 29.4 Å². The molecule has 3 aliphatic heterocycles. The second-order valence-electron chi connectivity index (χ2n) is 9.53. The van der Waals surface area contributed by atoms with Gasteiger partial charge in [0, 0.05) is 29.2 Å². The van der Waals surface area contributed by atoms with Crippen molar-refractivity contribution in [3.63, 3.8) is 0 Å². The van der Waals surface area contributed by atoms with Crippen molar-refractivity contribution in [2.75, 3.05) is 18.7 Å². The number of fused-ring (bicyclic) bond motifs is 2. The number of hydrogen-bond acceptors (Lipinski definition) is 5. The number of benzene rings is 3. The van der Waals surface area contributed by atoms with Crippen LogP contribution < -0.4 is 19.5 Å². The standard InChI is InChI=1S/C27H24FN3O4/c1-27(2)13-18-11-20(8-10-22(18)35-27)29-26(32)31-14-21(16-3-6-19(28)7-4-16)25(30-31)17-5-9-23-24(12-17)34-15-33-23/h3-12,21H,13-15H2,1-2H3,(H,29,32). The summed E-state index contributed by atoms with van der Waals surface area (Å²) in [6.45, 7) is 4.57. The third-order valence-electron chi connectivity index (χ3n) is 6.40. The Bertz CT molecular complexity index is 1350. The zero-order chi connectivity index (χ0) is 24.2. The summed E-state index contributed by atoms with van der Waals surface area (Å²) in [6, 6.07) is 17.2. The molecule has 0 fully saturated rings. The molecule has 3 aromatic carbocycles. The number of ether oxygens (including phenoxy) is 3. The molecule has 0 saturated heterocycles. The summed E-state index contributed by atoms with van der Waals surface area (Å²) in [6.07, 6.45) is 0.773. The van der Waals surface area contributed by atoms with Crippen LogP contribution in [0.3, 0.4) is 0 Å². The normalized spacial score (nSPS) is 19.2. The molecule has 0 saturated carbocycles. The minimum Gasteiger partial charge on any atom is -0.487 e. The summed E-state index contributed by atoms with van der Waals surface area (Å²) < 4.78 is 30.5. The Morgan fingerprint density at radius 2 is 1.80 bits per heavy atom. The van der Waals surface area contributed by atoms with Gasteiger partial charge >= 0.3 is 6.03 Å². The predicted octanol–water partition coefficient (Wildman–Crippen LogP) is 5.30. The van der Waals surface area contributed by atoms with Gasteiger partial charge in [-0.3, -0.25) is 0 Å². The lowest BCUT2D eigenvalue weighted by Gasteiger charge is -2.16. The number of amides is 2. The smallest absolute Gasteiger partial charge is 0.342 e. The summed E-state index contributed by atoms with van der Waals surface area (Å²) in [5, 5.41) is 9.05. The predicted molar refractivity (Wildman–Crippen MR) is 129 cm³/mol. The number of carbonyl (C=O) groups is 1. The number of nitrogens with zero attached hydrogens (tertiary/aromatic N) is 2. The maximum absolute atomic E-state index is 13.6. The summed E-state index contributed by atoms with van der Waals surface area (Å²) >= 11 is 0. The molecule has 8 heteroatoms. The fraction of sp³-hybridized carbons (Fsp3) is 0.259. The van der Waals surface area contributed by atoms with E-state index in [4.69, 9.17) is 14.2 Å². The van der Waals surface area contributed by atoms with E-state index in [1.165, 1.54) is 17.1 Å². The molecule has 1 N–H and O–H groups in total. The Morgan fingerprint density at radius 1 is 1.03 bits per heavy atom. The third kappa shape index (κ3) is 4.05. The lowest BCUT2D eigenvalue weighted by molar-refractivity contribution is 0.138. The summed E-state index contributed by atoms with van der Waals surface area (Å²) in [5.74, 6) is 1.61. The van der Waals surface area contributed by atoms with Gasteiger partial charge in [0.2, 0.25) is 6.79 Å². The fourth-order valence-corrected chi connectivity index (χ4v) is 4.78. The van der Waals surface area contributed by atoms with Crippen molar-refractivity contribution < 1.29 is 23.4 Å². The Hall–Kier alpha value is -4.07. The number of carbonyl (C=O) groups excluding carboxylic acids is 1. The van der Waals surface area contributed by atoms with Crippen molar-refractivity contribution in [2.24, 2.45) is 5.10 Å². The van der Waals surface area contributed by atoms with E-state index >= 15 is 0 Å². The van der Waals surface area contributed by atoms with Crippen LogP contribution in [0, 0.1) is 5.82 Å². The molecular formula is C27H24FN3O4. The molecule has 3 aromatic rings. The zero-order valence-corrected chi connectivity index (χ0v) is 19.4. The molecule has 1 atom stereocenters. The number of hydrazone groups is 1. The average molecular weight is 474 g/mol. The second-order valence-corrected chi connectivity index (χ2v) is 9.53. The maximum atomic E-state index is 13.6. The molecule has 6 rings (SSSR count). The molecule has 0 bridgehead atoms. The van der Waals surface area contributed by atoms with Gasteiger partial charge in [0.25, 0.3) is 0 Å². The average Bonchev–Trinajstić information content (AvgIpc) is 3.54. The van der Waals surface area contributed by atoms with Crippen LogP contribution in [0.4, 0.5) is 14.9 Å². The first kappa shape index (κ1) is 21.5. The van der Waals surface area contributed by atoms with E-state index in [2.05, 4.69) is 10.4 Å². The molecule has 0 spiro atoms. The lowest BCUT2D eigenvalue weighted by atomic mass is 9.90. The molecule has 7 nitrogen and oxygen atoms in total. The number of anilines is 1. The van der Waals surface area contributed by atoms with Gasteiger partial charge < -0.3 is 19.5 Å². The SMILES string of the molecule is CC1(C)Cc2cc(NC(=O)N3CC(c4ccc(F)cc4)C(c4ccc5c(c4)OCO5)=N3)ccc2O1. The number of nitrogens with one attached hydrogen (secondary N) is 1. The minimum absolute atomic E-state index is 0.171. The van der Waals surface area contributed by atoms with Gasteiger partial charge in [-0.2, -0.15) is 5.10 Å². The first-order valence-corrected chi connectivity index (χ1v) is 11.5. The van der Waals surface area contributed by atoms with Crippen molar-refractivity contribution in [3.8, 4) is 17.2 Å². The Morgan fingerprint density at radius 3 is 2.63 bits per heavy atom. The van der Waals surface area contributed by atoms with Crippen LogP contribution in [0.5, 0.6) is 17.2 Å². The first-order valence-electron chi connectivity index (χ1n) is 11.5. The molecular weight excluding hydrogens is 449 g/mol. The third-order valence-corrected chi connectivity index (χ3v) is 6.40. The maximum Gasteiger partial charge on any atom is 0.342 e. The van der Waals surface area contributed by atoms with E-state index in [0.717, 1.165) is 28.9 Å². The van der Waals surface area contributed by atoms with Gasteiger partial charge in [-0.1, -0.05) is 12.1 Å². The highest BCUT2D eigenvalue weighted by Crippen LogP contribution is 2.38. The zero-order valence-electron chi connectivity index (χ0n) is 19.4. The summed E-state index contributed by atoms with van der Waals surface area (Å²) in [5.41, 5.74) is 3.87. The molecule has 35 heavy (non-hydrogen) atoms. The Kier molecular flexibility index (Phi) is 4.91. The van der Waals surface area contributed by atoms with Gasteiger partial charge in [-0.25, -0.2) is 14.2 Å². The lowest BCUT2D eigenvalue weighted by Crippen LogP contribution is -2.30. The van der Waals surface area contributed by atoms with E-state index in [9.17, 15) is 9.18 Å².